The van der Waals surface area contributed by atoms with Crippen LogP contribution in [0.5, 0.6) is 0 Å². The summed E-state index contributed by atoms with van der Waals surface area (Å²) in [4.78, 5) is 14.4. The van der Waals surface area contributed by atoms with Gasteiger partial charge in [0.25, 0.3) is 0 Å². The molecule has 0 spiro atoms. The Hall–Kier alpha value is -2.14. The lowest BCUT2D eigenvalue weighted by molar-refractivity contribution is -0.384. The quantitative estimate of drug-likeness (QED) is 0.677. The van der Waals surface area contributed by atoms with E-state index in [1.54, 1.807) is 18.2 Å². The summed E-state index contributed by atoms with van der Waals surface area (Å²) >= 11 is 5.99. The summed E-state index contributed by atoms with van der Waals surface area (Å²) in [6, 6.07) is 8.24. The van der Waals surface area contributed by atoms with Crippen molar-refractivity contribution in [2.75, 3.05) is 5.32 Å². The Balaban J connectivity index is 2.40. The molecule has 0 saturated heterocycles. The van der Waals surface area contributed by atoms with E-state index in [0.29, 0.717) is 10.7 Å². The molecule has 0 fully saturated rings. The molecule has 0 aliphatic carbocycles. The average Bonchev–Trinajstić information content (AvgIpc) is 2.35. The van der Waals surface area contributed by atoms with E-state index < -0.39 is 4.92 Å². The third-order valence-corrected chi connectivity index (χ3v) is 2.91. The molecular formula is C12H10ClN3O2. The number of hydrogen-bond donors (Lipinski definition) is 1. The lowest BCUT2D eigenvalue weighted by atomic mass is 10.2. The fraction of sp³-hybridized carbons (Fsp3) is 0.0833. The van der Waals surface area contributed by atoms with Crippen molar-refractivity contribution in [2.24, 2.45) is 0 Å². The number of nitrogens with one attached hydrogen (secondary N) is 1. The van der Waals surface area contributed by atoms with Gasteiger partial charge in [0.1, 0.15) is 0 Å². The number of rotatable bonds is 3. The van der Waals surface area contributed by atoms with Crippen LogP contribution in [-0.4, -0.2) is 9.91 Å². The van der Waals surface area contributed by atoms with Crippen LogP contribution in [0.1, 0.15) is 5.56 Å². The Labute approximate surface area is 109 Å². The molecule has 0 aliphatic heterocycles. The van der Waals surface area contributed by atoms with Gasteiger partial charge in [0.15, 0.2) is 0 Å². The van der Waals surface area contributed by atoms with Crippen molar-refractivity contribution < 1.29 is 4.92 Å². The molecule has 0 bridgehead atoms. The van der Waals surface area contributed by atoms with Crippen LogP contribution in [0, 0.1) is 17.0 Å². The Morgan fingerprint density at radius 1 is 1.33 bits per heavy atom. The number of nitro groups is 1. The molecule has 1 N–H and O–H groups in total. The van der Waals surface area contributed by atoms with Crippen LogP contribution in [0.4, 0.5) is 17.2 Å². The average molecular weight is 264 g/mol. The summed E-state index contributed by atoms with van der Waals surface area (Å²) in [5, 5.41) is 14.4. The number of aromatic nitrogens is 1. The van der Waals surface area contributed by atoms with Gasteiger partial charge in [-0.05, 0) is 30.7 Å². The standard InChI is InChI=1S/C12H10ClN3O2/c1-8-9(13)4-2-5-10(8)15-12-11(16(17)18)6-3-7-14-12/h2-7H,1H3,(H,14,15). The van der Waals surface area contributed by atoms with E-state index in [9.17, 15) is 10.1 Å². The van der Waals surface area contributed by atoms with E-state index >= 15 is 0 Å². The monoisotopic (exact) mass is 263 g/mol. The Morgan fingerprint density at radius 2 is 2.11 bits per heavy atom. The first-order valence-electron chi connectivity index (χ1n) is 5.21. The molecule has 0 saturated carbocycles. The third kappa shape index (κ3) is 2.41. The SMILES string of the molecule is Cc1c(Cl)cccc1Nc1ncccc1[N+](=O)[O-]. The van der Waals surface area contributed by atoms with Gasteiger partial charge >= 0.3 is 5.69 Å². The maximum absolute atomic E-state index is 10.9. The highest BCUT2D eigenvalue weighted by molar-refractivity contribution is 6.31. The number of benzene rings is 1. The molecular weight excluding hydrogens is 254 g/mol. The highest BCUT2D eigenvalue weighted by Gasteiger charge is 2.15. The molecule has 0 amide bonds. The summed E-state index contributed by atoms with van der Waals surface area (Å²) in [5.41, 5.74) is 1.44. The molecule has 1 aromatic carbocycles. The highest BCUT2D eigenvalue weighted by Crippen LogP contribution is 2.29. The van der Waals surface area contributed by atoms with Crippen molar-refractivity contribution in [1.82, 2.24) is 4.98 Å². The fourth-order valence-corrected chi connectivity index (χ4v) is 1.69. The van der Waals surface area contributed by atoms with Gasteiger partial charge in [0.05, 0.1) is 4.92 Å². The van der Waals surface area contributed by atoms with E-state index in [-0.39, 0.29) is 11.5 Å². The predicted octanol–water partition coefficient (Wildman–Crippen LogP) is 3.70. The minimum Gasteiger partial charge on any atom is -0.334 e. The Morgan fingerprint density at radius 3 is 2.83 bits per heavy atom. The normalized spacial score (nSPS) is 10.1. The lowest BCUT2D eigenvalue weighted by Gasteiger charge is -2.09. The molecule has 2 rings (SSSR count). The summed E-state index contributed by atoms with van der Waals surface area (Å²) in [5.74, 6) is 0.202. The van der Waals surface area contributed by atoms with Gasteiger partial charge in [-0.1, -0.05) is 17.7 Å². The van der Waals surface area contributed by atoms with Crippen LogP contribution in [-0.2, 0) is 0 Å². The zero-order valence-electron chi connectivity index (χ0n) is 9.55. The lowest BCUT2D eigenvalue weighted by Crippen LogP contribution is -2.00. The second-order valence-corrected chi connectivity index (χ2v) is 4.07. The van der Waals surface area contributed by atoms with Crippen molar-refractivity contribution in [2.45, 2.75) is 6.92 Å². The zero-order chi connectivity index (χ0) is 13.1. The van der Waals surface area contributed by atoms with Gasteiger partial charge in [-0.15, -0.1) is 0 Å². The van der Waals surface area contributed by atoms with Gasteiger partial charge < -0.3 is 5.32 Å². The molecule has 2 aromatic rings. The van der Waals surface area contributed by atoms with Gasteiger partial charge in [-0.25, -0.2) is 4.98 Å². The van der Waals surface area contributed by atoms with Crippen molar-refractivity contribution >= 4 is 28.8 Å². The topological polar surface area (TPSA) is 68.1 Å². The van der Waals surface area contributed by atoms with E-state index in [4.69, 9.17) is 11.6 Å². The second-order valence-electron chi connectivity index (χ2n) is 3.67. The van der Waals surface area contributed by atoms with Crippen LogP contribution in [0.2, 0.25) is 5.02 Å². The van der Waals surface area contributed by atoms with Gasteiger partial charge in [0.2, 0.25) is 5.82 Å². The predicted molar refractivity (Wildman–Crippen MR) is 70.4 cm³/mol. The molecule has 0 radical (unpaired) electrons. The number of nitrogens with zero attached hydrogens (tertiary/aromatic N) is 2. The molecule has 1 aromatic heterocycles. The van der Waals surface area contributed by atoms with Gasteiger partial charge in [-0.2, -0.15) is 0 Å². The molecule has 6 heteroatoms. The summed E-state index contributed by atoms with van der Waals surface area (Å²) in [6.45, 7) is 1.83. The zero-order valence-corrected chi connectivity index (χ0v) is 10.3. The first-order valence-corrected chi connectivity index (χ1v) is 5.59. The second kappa shape index (κ2) is 5.01. The Bertz CT molecular complexity index is 602. The number of anilines is 2. The number of pyridine rings is 1. The summed E-state index contributed by atoms with van der Waals surface area (Å²) in [6.07, 6.45) is 1.50. The van der Waals surface area contributed by atoms with E-state index in [0.717, 1.165) is 5.56 Å². The van der Waals surface area contributed by atoms with Crippen LogP contribution >= 0.6 is 11.6 Å². The molecule has 0 aliphatic rings. The maximum atomic E-state index is 10.9. The molecule has 1 heterocycles. The summed E-state index contributed by atoms with van der Waals surface area (Å²) < 4.78 is 0. The van der Waals surface area contributed by atoms with Crippen LogP contribution in [0.3, 0.4) is 0 Å². The van der Waals surface area contributed by atoms with Crippen LogP contribution in [0.25, 0.3) is 0 Å². The van der Waals surface area contributed by atoms with Crippen molar-refractivity contribution in [1.29, 1.82) is 0 Å². The van der Waals surface area contributed by atoms with E-state index in [2.05, 4.69) is 10.3 Å². The van der Waals surface area contributed by atoms with Crippen LogP contribution < -0.4 is 5.32 Å². The molecule has 18 heavy (non-hydrogen) atoms. The van der Waals surface area contributed by atoms with Gasteiger partial charge in [-0.3, -0.25) is 10.1 Å². The molecule has 92 valence electrons. The van der Waals surface area contributed by atoms with Gasteiger partial charge in [0, 0.05) is 23.0 Å². The summed E-state index contributed by atoms with van der Waals surface area (Å²) in [7, 11) is 0. The van der Waals surface area contributed by atoms with Crippen molar-refractivity contribution in [3.63, 3.8) is 0 Å². The number of hydrogen-bond acceptors (Lipinski definition) is 4. The van der Waals surface area contributed by atoms with E-state index in [1.165, 1.54) is 18.3 Å². The molecule has 5 nitrogen and oxygen atoms in total. The van der Waals surface area contributed by atoms with E-state index in [1.807, 2.05) is 6.92 Å². The third-order valence-electron chi connectivity index (χ3n) is 2.50. The fourth-order valence-electron chi connectivity index (χ4n) is 1.51. The number of halogens is 1. The minimum atomic E-state index is -0.477. The Kier molecular flexibility index (Phi) is 3.43. The molecule has 0 unspecified atom stereocenters. The largest absolute Gasteiger partial charge is 0.334 e. The minimum absolute atomic E-state index is 0.0723. The highest BCUT2D eigenvalue weighted by atomic mass is 35.5. The first-order chi connectivity index (χ1) is 8.59. The maximum Gasteiger partial charge on any atom is 0.311 e. The van der Waals surface area contributed by atoms with Crippen molar-refractivity contribution in [3.8, 4) is 0 Å². The van der Waals surface area contributed by atoms with Crippen molar-refractivity contribution in [3.05, 3.63) is 57.2 Å². The molecule has 0 atom stereocenters. The van der Waals surface area contributed by atoms with Crippen LogP contribution in [0.15, 0.2) is 36.5 Å². The first kappa shape index (κ1) is 12.3. The smallest absolute Gasteiger partial charge is 0.311 e.